The van der Waals surface area contributed by atoms with Gasteiger partial charge < -0.3 is 5.32 Å². The molecule has 1 heterocycles. The highest BCUT2D eigenvalue weighted by Gasteiger charge is 2.18. The third-order valence-corrected chi connectivity index (χ3v) is 2.74. The van der Waals surface area contributed by atoms with Crippen LogP contribution in [0.4, 0.5) is 5.69 Å². The molecular formula is C14H21N3. The van der Waals surface area contributed by atoms with Crippen LogP contribution in [0.25, 0.3) is 0 Å². The summed E-state index contributed by atoms with van der Waals surface area (Å²) in [6, 6.07) is 8.37. The SMILES string of the molecule is C=CN(N=C)c1ccc(C2CNC2)cc1.CC. The number of anilines is 1. The van der Waals surface area contributed by atoms with Crippen LogP contribution in [0.1, 0.15) is 25.3 Å². The molecule has 0 spiro atoms. The Labute approximate surface area is 104 Å². The van der Waals surface area contributed by atoms with Gasteiger partial charge in [-0.3, -0.25) is 0 Å². The molecule has 92 valence electrons. The maximum atomic E-state index is 3.84. The van der Waals surface area contributed by atoms with Crippen molar-refractivity contribution in [2.24, 2.45) is 5.10 Å². The molecular weight excluding hydrogens is 210 g/mol. The molecule has 0 saturated carbocycles. The van der Waals surface area contributed by atoms with Crippen LogP contribution in [0, 0.1) is 0 Å². The van der Waals surface area contributed by atoms with Gasteiger partial charge in [-0.05, 0) is 17.7 Å². The summed E-state index contributed by atoms with van der Waals surface area (Å²) in [5.41, 5.74) is 2.38. The van der Waals surface area contributed by atoms with Crippen molar-refractivity contribution >= 4 is 12.4 Å². The minimum absolute atomic E-state index is 0.674. The van der Waals surface area contributed by atoms with Gasteiger partial charge in [0.05, 0.1) is 5.69 Å². The lowest BCUT2D eigenvalue weighted by molar-refractivity contribution is 0.448. The number of hydrazone groups is 1. The fourth-order valence-corrected chi connectivity index (χ4v) is 1.67. The molecule has 0 amide bonds. The van der Waals surface area contributed by atoms with Gasteiger partial charge in [-0.1, -0.05) is 32.6 Å². The lowest BCUT2D eigenvalue weighted by Crippen LogP contribution is -2.39. The van der Waals surface area contributed by atoms with Gasteiger partial charge in [0.15, 0.2) is 0 Å². The summed E-state index contributed by atoms with van der Waals surface area (Å²) in [7, 11) is 0. The van der Waals surface area contributed by atoms with Crippen molar-refractivity contribution in [2.45, 2.75) is 19.8 Å². The summed E-state index contributed by atoms with van der Waals surface area (Å²) in [5.74, 6) is 0.674. The van der Waals surface area contributed by atoms with Gasteiger partial charge in [-0.2, -0.15) is 5.10 Å². The number of benzene rings is 1. The van der Waals surface area contributed by atoms with Gasteiger partial charge in [0, 0.05) is 31.9 Å². The van der Waals surface area contributed by atoms with Crippen molar-refractivity contribution in [3.05, 3.63) is 42.6 Å². The molecule has 0 atom stereocenters. The monoisotopic (exact) mass is 231 g/mol. The van der Waals surface area contributed by atoms with Gasteiger partial charge in [-0.15, -0.1) is 0 Å². The Morgan fingerprint density at radius 3 is 2.24 bits per heavy atom. The van der Waals surface area contributed by atoms with Crippen LogP contribution in [0.5, 0.6) is 0 Å². The topological polar surface area (TPSA) is 27.6 Å². The molecule has 0 radical (unpaired) electrons. The van der Waals surface area contributed by atoms with Crippen LogP contribution in [-0.2, 0) is 0 Å². The summed E-state index contributed by atoms with van der Waals surface area (Å²) in [6.45, 7) is 13.3. The van der Waals surface area contributed by atoms with Crippen molar-refractivity contribution in [3.63, 3.8) is 0 Å². The fourth-order valence-electron chi connectivity index (χ4n) is 1.67. The van der Waals surface area contributed by atoms with Crippen LogP contribution < -0.4 is 10.3 Å². The van der Waals surface area contributed by atoms with Crippen molar-refractivity contribution in [2.75, 3.05) is 18.1 Å². The lowest BCUT2D eigenvalue weighted by Gasteiger charge is -2.27. The number of nitrogens with zero attached hydrogens (tertiary/aromatic N) is 2. The summed E-state index contributed by atoms with van der Waals surface area (Å²) in [6.07, 6.45) is 1.65. The molecule has 1 aliphatic rings. The molecule has 1 aromatic rings. The van der Waals surface area contributed by atoms with E-state index in [1.165, 1.54) is 5.56 Å². The van der Waals surface area contributed by atoms with Crippen LogP contribution in [-0.4, -0.2) is 19.8 Å². The van der Waals surface area contributed by atoms with E-state index in [2.05, 4.69) is 35.8 Å². The van der Waals surface area contributed by atoms with Crippen LogP contribution >= 0.6 is 0 Å². The first-order valence-electron chi connectivity index (χ1n) is 6.04. The predicted molar refractivity (Wildman–Crippen MR) is 75.6 cm³/mol. The predicted octanol–water partition coefficient (Wildman–Crippen LogP) is 2.97. The Bertz CT molecular complexity index is 344. The Balaban J connectivity index is 0.000000686. The van der Waals surface area contributed by atoms with Gasteiger partial charge in [0.1, 0.15) is 0 Å². The second-order valence-corrected chi connectivity index (χ2v) is 3.62. The minimum Gasteiger partial charge on any atom is -0.315 e. The van der Waals surface area contributed by atoms with E-state index in [1.54, 1.807) is 11.2 Å². The molecule has 0 aliphatic carbocycles. The van der Waals surface area contributed by atoms with E-state index < -0.39 is 0 Å². The molecule has 1 aliphatic heterocycles. The van der Waals surface area contributed by atoms with Crippen molar-refractivity contribution in [1.82, 2.24) is 5.32 Å². The van der Waals surface area contributed by atoms with Crippen molar-refractivity contribution < 1.29 is 0 Å². The molecule has 1 saturated heterocycles. The van der Waals surface area contributed by atoms with E-state index in [0.717, 1.165) is 18.8 Å². The first-order valence-corrected chi connectivity index (χ1v) is 6.04. The first-order chi connectivity index (χ1) is 8.35. The highest BCUT2D eigenvalue weighted by molar-refractivity contribution is 5.51. The van der Waals surface area contributed by atoms with E-state index in [9.17, 15) is 0 Å². The van der Waals surface area contributed by atoms with Gasteiger partial charge >= 0.3 is 0 Å². The number of hydrogen-bond donors (Lipinski definition) is 1. The average molecular weight is 231 g/mol. The zero-order valence-corrected chi connectivity index (χ0v) is 10.7. The zero-order valence-electron chi connectivity index (χ0n) is 10.7. The molecule has 3 heteroatoms. The smallest absolute Gasteiger partial charge is 0.0645 e. The van der Waals surface area contributed by atoms with Gasteiger partial charge in [0.25, 0.3) is 0 Å². The Morgan fingerprint density at radius 1 is 1.29 bits per heavy atom. The van der Waals surface area contributed by atoms with E-state index in [1.807, 2.05) is 26.0 Å². The number of hydrogen-bond acceptors (Lipinski definition) is 3. The van der Waals surface area contributed by atoms with Gasteiger partial charge in [-0.25, -0.2) is 5.01 Å². The Morgan fingerprint density at radius 2 is 1.88 bits per heavy atom. The molecule has 1 fully saturated rings. The van der Waals surface area contributed by atoms with E-state index in [0.29, 0.717) is 5.92 Å². The maximum absolute atomic E-state index is 3.84. The molecule has 1 aromatic carbocycles. The van der Waals surface area contributed by atoms with Gasteiger partial charge in [0.2, 0.25) is 0 Å². The molecule has 2 rings (SSSR count). The molecule has 1 N–H and O–H groups in total. The van der Waals surface area contributed by atoms with Crippen molar-refractivity contribution in [3.8, 4) is 0 Å². The molecule has 17 heavy (non-hydrogen) atoms. The summed E-state index contributed by atoms with van der Waals surface area (Å²) in [4.78, 5) is 0. The first kappa shape index (κ1) is 13.5. The third kappa shape index (κ3) is 3.17. The second-order valence-electron chi connectivity index (χ2n) is 3.62. The van der Waals surface area contributed by atoms with Crippen molar-refractivity contribution in [1.29, 1.82) is 0 Å². The summed E-state index contributed by atoms with van der Waals surface area (Å²) >= 11 is 0. The van der Waals surface area contributed by atoms with E-state index in [4.69, 9.17) is 0 Å². The molecule has 0 unspecified atom stereocenters. The largest absolute Gasteiger partial charge is 0.315 e. The molecule has 3 nitrogen and oxygen atoms in total. The summed E-state index contributed by atoms with van der Waals surface area (Å²) < 4.78 is 0. The quantitative estimate of drug-likeness (QED) is 0.637. The van der Waals surface area contributed by atoms with Crippen LogP contribution in [0.15, 0.2) is 42.1 Å². The van der Waals surface area contributed by atoms with Crippen LogP contribution in [0.3, 0.4) is 0 Å². The number of nitrogens with one attached hydrogen (secondary N) is 1. The highest BCUT2D eigenvalue weighted by Crippen LogP contribution is 2.23. The number of rotatable bonds is 4. The average Bonchev–Trinajstić information content (AvgIpc) is 2.33. The lowest BCUT2D eigenvalue weighted by atomic mass is 9.94. The third-order valence-electron chi connectivity index (χ3n) is 2.74. The molecule has 0 aromatic heterocycles. The standard InChI is InChI=1S/C12H15N3.C2H6/c1-3-15(13-2)12-6-4-10(5-7-12)11-8-14-9-11;1-2/h3-7,11,14H,1-2,8-9H2;1-2H3. The maximum Gasteiger partial charge on any atom is 0.0645 e. The summed E-state index contributed by atoms with van der Waals surface area (Å²) in [5, 5.41) is 8.76. The van der Waals surface area contributed by atoms with E-state index in [-0.39, 0.29) is 0 Å². The highest BCUT2D eigenvalue weighted by atomic mass is 15.4. The zero-order chi connectivity index (χ0) is 12.7. The Hall–Kier alpha value is -1.61. The second kappa shape index (κ2) is 6.86. The van der Waals surface area contributed by atoms with Crippen LogP contribution in [0.2, 0.25) is 0 Å². The fraction of sp³-hybridized carbons (Fsp3) is 0.357. The normalized spacial score (nSPS) is 14.0. The minimum atomic E-state index is 0.674. The van der Waals surface area contributed by atoms with E-state index >= 15 is 0 Å². The molecule has 0 bridgehead atoms. The Kier molecular flexibility index (Phi) is 5.43.